The van der Waals surface area contributed by atoms with Crippen molar-refractivity contribution in [2.45, 2.75) is 45.4 Å². The summed E-state index contributed by atoms with van der Waals surface area (Å²) in [5.74, 6) is -0.690. The topological polar surface area (TPSA) is 97.0 Å². The minimum Gasteiger partial charge on any atom is -0.445 e. The maximum absolute atomic E-state index is 13.2. The smallest absolute Gasteiger partial charge is 0.408 e. The fourth-order valence-electron chi connectivity index (χ4n) is 3.24. The lowest BCUT2D eigenvalue weighted by molar-refractivity contribution is -0.172. The predicted octanol–water partition coefficient (Wildman–Crippen LogP) is 3.07. The first-order chi connectivity index (χ1) is 15.8. The normalized spacial score (nSPS) is 12.5. The molecule has 0 saturated heterocycles. The first-order valence-electron chi connectivity index (χ1n) is 10.9. The van der Waals surface area contributed by atoms with Gasteiger partial charge in [-0.15, -0.1) is 0 Å². The largest absolute Gasteiger partial charge is 0.445 e. The highest BCUT2D eigenvalue weighted by Gasteiger charge is 2.29. The SMILES string of the molecule is CON(C)C(=O)[C@H](CC(C)C)NC(=O)[C@H](Cc1ccccc1)NC(=O)OCc1ccccc1. The predicted molar refractivity (Wildman–Crippen MR) is 125 cm³/mol. The number of hydrogen-bond acceptors (Lipinski definition) is 5. The minimum absolute atomic E-state index is 0.0828. The highest BCUT2D eigenvalue weighted by Crippen LogP contribution is 2.10. The number of nitrogens with zero attached hydrogens (tertiary/aromatic N) is 1. The Balaban J connectivity index is 2.12. The zero-order chi connectivity index (χ0) is 24.2. The van der Waals surface area contributed by atoms with Gasteiger partial charge in [0.15, 0.2) is 0 Å². The summed E-state index contributed by atoms with van der Waals surface area (Å²) in [6.07, 6.45) is -0.0411. The van der Waals surface area contributed by atoms with Gasteiger partial charge < -0.3 is 15.4 Å². The van der Waals surface area contributed by atoms with Crippen LogP contribution in [-0.2, 0) is 32.2 Å². The highest BCUT2D eigenvalue weighted by atomic mass is 16.7. The molecule has 0 unspecified atom stereocenters. The number of carbonyl (C=O) groups is 3. The van der Waals surface area contributed by atoms with E-state index < -0.39 is 24.1 Å². The van der Waals surface area contributed by atoms with Crippen LogP contribution in [0.1, 0.15) is 31.4 Å². The van der Waals surface area contributed by atoms with Crippen molar-refractivity contribution in [1.82, 2.24) is 15.7 Å². The van der Waals surface area contributed by atoms with Gasteiger partial charge in [0.1, 0.15) is 18.7 Å². The van der Waals surface area contributed by atoms with Gasteiger partial charge in [-0.2, -0.15) is 0 Å². The molecule has 0 heterocycles. The second kappa shape index (κ2) is 13.2. The number of carbonyl (C=O) groups excluding carboxylic acids is 3. The molecule has 8 heteroatoms. The number of hydrogen-bond donors (Lipinski definition) is 2. The Bertz CT molecular complexity index is 889. The van der Waals surface area contributed by atoms with Crippen LogP contribution in [0.3, 0.4) is 0 Å². The lowest BCUT2D eigenvalue weighted by atomic mass is 10.0. The van der Waals surface area contributed by atoms with E-state index in [-0.39, 0.29) is 24.9 Å². The van der Waals surface area contributed by atoms with Gasteiger partial charge in [-0.05, 0) is 23.5 Å². The van der Waals surface area contributed by atoms with Gasteiger partial charge >= 0.3 is 6.09 Å². The van der Waals surface area contributed by atoms with E-state index in [0.717, 1.165) is 16.2 Å². The summed E-state index contributed by atoms with van der Waals surface area (Å²) in [5.41, 5.74) is 1.70. The standard InChI is InChI=1S/C25H33N3O5/c1-18(2)15-22(24(30)28(3)32-4)26-23(29)21(16-19-11-7-5-8-12-19)27-25(31)33-17-20-13-9-6-10-14-20/h5-14,18,21-22H,15-17H2,1-4H3,(H,26,29)(H,27,31)/t21-,22-/m0/s1. The number of benzene rings is 2. The Hall–Kier alpha value is -3.39. The van der Waals surface area contributed by atoms with Crippen LogP contribution in [0, 0.1) is 5.92 Å². The summed E-state index contributed by atoms with van der Waals surface area (Å²) in [7, 11) is 2.87. The summed E-state index contributed by atoms with van der Waals surface area (Å²) in [6.45, 7) is 4.00. The fourth-order valence-corrected chi connectivity index (χ4v) is 3.24. The molecule has 0 bridgehead atoms. The molecule has 0 radical (unpaired) electrons. The van der Waals surface area contributed by atoms with E-state index in [1.54, 1.807) is 0 Å². The molecule has 2 aromatic carbocycles. The molecule has 178 valence electrons. The molecule has 2 atom stereocenters. The molecule has 8 nitrogen and oxygen atoms in total. The summed E-state index contributed by atoms with van der Waals surface area (Å²) in [5, 5.41) is 6.51. The van der Waals surface area contributed by atoms with Crippen molar-refractivity contribution in [3.05, 3.63) is 71.8 Å². The average Bonchev–Trinajstić information content (AvgIpc) is 2.82. The first-order valence-corrected chi connectivity index (χ1v) is 10.9. The molecule has 33 heavy (non-hydrogen) atoms. The van der Waals surface area contributed by atoms with Gasteiger partial charge in [0.05, 0.1) is 7.11 Å². The maximum Gasteiger partial charge on any atom is 0.408 e. The second-order valence-electron chi connectivity index (χ2n) is 8.16. The van der Waals surface area contributed by atoms with Gasteiger partial charge in [-0.25, -0.2) is 9.86 Å². The van der Waals surface area contributed by atoms with Gasteiger partial charge in [-0.1, -0.05) is 74.5 Å². The molecule has 2 rings (SSSR count). The van der Waals surface area contributed by atoms with Gasteiger partial charge in [0.2, 0.25) is 5.91 Å². The lowest BCUT2D eigenvalue weighted by Crippen LogP contribution is -2.54. The fraction of sp³-hybridized carbons (Fsp3) is 0.400. The first kappa shape index (κ1) is 25.9. The van der Waals surface area contributed by atoms with Crippen molar-refractivity contribution < 1.29 is 24.0 Å². The molecule has 0 aliphatic carbocycles. The number of amides is 3. The molecule has 0 aliphatic rings. The number of ether oxygens (including phenoxy) is 1. The van der Waals surface area contributed by atoms with Crippen LogP contribution in [-0.4, -0.2) is 49.2 Å². The van der Waals surface area contributed by atoms with Crippen molar-refractivity contribution in [2.24, 2.45) is 5.92 Å². The van der Waals surface area contributed by atoms with Crippen LogP contribution >= 0.6 is 0 Å². The summed E-state index contributed by atoms with van der Waals surface area (Å²) in [4.78, 5) is 43.3. The number of nitrogens with one attached hydrogen (secondary N) is 2. The molecule has 0 spiro atoms. The third kappa shape index (κ3) is 8.94. The van der Waals surface area contributed by atoms with Crippen molar-refractivity contribution in [3.8, 4) is 0 Å². The molecule has 0 aliphatic heterocycles. The van der Waals surface area contributed by atoms with Crippen molar-refractivity contribution in [2.75, 3.05) is 14.2 Å². The number of hydroxylamine groups is 2. The summed E-state index contributed by atoms with van der Waals surface area (Å²) < 4.78 is 5.29. The molecule has 0 saturated carbocycles. The van der Waals surface area contributed by atoms with Gasteiger partial charge in [0, 0.05) is 13.5 Å². The Labute approximate surface area is 195 Å². The molecule has 0 fully saturated rings. The van der Waals surface area contributed by atoms with Crippen LogP contribution in [0.4, 0.5) is 4.79 Å². The van der Waals surface area contributed by atoms with Gasteiger partial charge in [-0.3, -0.25) is 14.4 Å². The Morgan fingerprint density at radius 3 is 2.00 bits per heavy atom. The molecular formula is C25H33N3O5. The monoisotopic (exact) mass is 455 g/mol. The number of alkyl carbamates (subject to hydrolysis) is 1. The van der Waals surface area contributed by atoms with Crippen LogP contribution < -0.4 is 10.6 Å². The zero-order valence-corrected chi connectivity index (χ0v) is 19.6. The average molecular weight is 456 g/mol. The second-order valence-corrected chi connectivity index (χ2v) is 8.16. The Morgan fingerprint density at radius 1 is 0.879 bits per heavy atom. The highest BCUT2D eigenvalue weighted by molar-refractivity contribution is 5.91. The van der Waals surface area contributed by atoms with E-state index in [1.807, 2.05) is 74.5 Å². The van der Waals surface area contributed by atoms with E-state index >= 15 is 0 Å². The minimum atomic E-state index is -0.925. The van der Waals surface area contributed by atoms with E-state index in [0.29, 0.717) is 6.42 Å². The zero-order valence-electron chi connectivity index (χ0n) is 19.6. The van der Waals surface area contributed by atoms with Crippen molar-refractivity contribution >= 4 is 17.9 Å². The molecule has 2 N–H and O–H groups in total. The van der Waals surface area contributed by atoms with Crippen molar-refractivity contribution in [3.63, 3.8) is 0 Å². The Kier molecular flexibility index (Phi) is 10.4. The van der Waals surface area contributed by atoms with E-state index in [1.165, 1.54) is 14.2 Å². The van der Waals surface area contributed by atoms with E-state index in [9.17, 15) is 14.4 Å². The molecular weight excluding hydrogens is 422 g/mol. The molecule has 0 aromatic heterocycles. The lowest BCUT2D eigenvalue weighted by Gasteiger charge is -2.26. The van der Waals surface area contributed by atoms with Crippen LogP contribution in [0.2, 0.25) is 0 Å². The number of rotatable bonds is 11. The van der Waals surface area contributed by atoms with Crippen LogP contribution in [0.5, 0.6) is 0 Å². The maximum atomic E-state index is 13.2. The van der Waals surface area contributed by atoms with Gasteiger partial charge in [0.25, 0.3) is 5.91 Å². The summed E-state index contributed by atoms with van der Waals surface area (Å²) in [6, 6.07) is 16.9. The summed E-state index contributed by atoms with van der Waals surface area (Å²) >= 11 is 0. The third-order valence-electron chi connectivity index (χ3n) is 5.01. The van der Waals surface area contributed by atoms with E-state index in [4.69, 9.17) is 9.57 Å². The van der Waals surface area contributed by atoms with Crippen LogP contribution in [0.25, 0.3) is 0 Å². The van der Waals surface area contributed by atoms with Crippen LogP contribution in [0.15, 0.2) is 60.7 Å². The number of likely N-dealkylation sites (N-methyl/N-ethyl adjacent to an activating group) is 1. The molecule has 2 aromatic rings. The quantitative estimate of drug-likeness (QED) is 0.508. The van der Waals surface area contributed by atoms with Crippen molar-refractivity contribution in [1.29, 1.82) is 0 Å². The third-order valence-corrected chi connectivity index (χ3v) is 5.01. The Morgan fingerprint density at radius 2 is 1.45 bits per heavy atom. The molecule has 3 amide bonds. The van der Waals surface area contributed by atoms with E-state index in [2.05, 4.69) is 10.6 Å².